The summed E-state index contributed by atoms with van der Waals surface area (Å²) in [6.07, 6.45) is 0.996. The molecule has 8 heteroatoms. The van der Waals surface area contributed by atoms with Crippen molar-refractivity contribution in [1.82, 2.24) is 15.3 Å². The van der Waals surface area contributed by atoms with Crippen LogP contribution in [0.25, 0.3) is 10.9 Å². The maximum atomic E-state index is 11.6. The molecule has 1 atom stereocenters. The van der Waals surface area contributed by atoms with Gasteiger partial charge in [-0.05, 0) is 14.0 Å². The van der Waals surface area contributed by atoms with Gasteiger partial charge in [0, 0.05) is 18.7 Å². The van der Waals surface area contributed by atoms with Gasteiger partial charge < -0.3 is 15.0 Å². The number of nitro benzene ring substituents is 1. The Labute approximate surface area is 113 Å². The Morgan fingerprint density at radius 1 is 1.55 bits per heavy atom. The van der Waals surface area contributed by atoms with Gasteiger partial charge in [0.15, 0.2) is 5.75 Å². The van der Waals surface area contributed by atoms with Gasteiger partial charge in [-0.3, -0.25) is 14.9 Å². The molecule has 8 nitrogen and oxygen atoms in total. The third-order valence-corrected chi connectivity index (χ3v) is 2.74. The Hall–Kier alpha value is -2.48. The minimum Gasteiger partial charge on any atom is -0.482 e. The van der Waals surface area contributed by atoms with E-state index in [1.807, 2.05) is 0 Å². The van der Waals surface area contributed by atoms with Crippen molar-refractivity contribution in [3.63, 3.8) is 0 Å². The van der Waals surface area contributed by atoms with Gasteiger partial charge in [0.2, 0.25) is 0 Å². The molecule has 1 aromatic carbocycles. The Morgan fingerprint density at radius 2 is 2.30 bits per heavy atom. The van der Waals surface area contributed by atoms with E-state index in [1.165, 1.54) is 18.5 Å². The maximum absolute atomic E-state index is 11.6. The summed E-state index contributed by atoms with van der Waals surface area (Å²) in [6.45, 7) is 2.33. The van der Waals surface area contributed by atoms with Crippen molar-refractivity contribution >= 4 is 16.6 Å². The normalized spacial score (nSPS) is 12.3. The second kappa shape index (κ2) is 5.66. The van der Waals surface area contributed by atoms with E-state index in [0.29, 0.717) is 12.1 Å². The van der Waals surface area contributed by atoms with Crippen molar-refractivity contribution in [2.45, 2.75) is 13.0 Å². The van der Waals surface area contributed by atoms with Crippen LogP contribution in [0.2, 0.25) is 0 Å². The molecule has 20 heavy (non-hydrogen) atoms. The van der Waals surface area contributed by atoms with Crippen LogP contribution in [0.15, 0.2) is 23.3 Å². The summed E-state index contributed by atoms with van der Waals surface area (Å²) in [4.78, 5) is 28.5. The van der Waals surface area contributed by atoms with E-state index >= 15 is 0 Å². The zero-order chi connectivity index (χ0) is 14.7. The van der Waals surface area contributed by atoms with E-state index in [-0.39, 0.29) is 22.9 Å². The van der Waals surface area contributed by atoms with Crippen molar-refractivity contribution in [2.24, 2.45) is 0 Å². The van der Waals surface area contributed by atoms with Crippen LogP contribution in [0.5, 0.6) is 5.75 Å². The summed E-state index contributed by atoms with van der Waals surface area (Å²) in [5, 5.41) is 14.2. The smallest absolute Gasteiger partial charge is 0.311 e. The standard InChI is InChI=1S/C12H14N4O4/c1-7(5-13-2)20-11-4-9-8(3-10(11)16(18)19)12(17)15-6-14-9/h3-4,6-7,13H,5H2,1-2H3,(H,14,15,17). The van der Waals surface area contributed by atoms with Crippen molar-refractivity contribution in [3.05, 3.63) is 38.9 Å². The molecule has 0 amide bonds. The van der Waals surface area contributed by atoms with Crippen LogP contribution in [0.1, 0.15) is 6.92 Å². The topological polar surface area (TPSA) is 110 Å². The maximum Gasteiger partial charge on any atom is 0.311 e. The molecule has 2 rings (SSSR count). The number of rotatable bonds is 5. The minimum absolute atomic E-state index is 0.100. The van der Waals surface area contributed by atoms with E-state index in [1.54, 1.807) is 14.0 Å². The van der Waals surface area contributed by atoms with Crippen molar-refractivity contribution in [3.8, 4) is 5.75 Å². The molecule has 1 heterocycles. The Morgan fingerprint density at radius 3 is 2.95 bits per heavy atom. The van der Waals surface area contributed by atoms with Gasteiger partial charge in [0.05, 0.1) is 22.2 Å². The number of fused-ring (bicyclic) bond motifs is 1. The van der Waals surface area contributed by atoms with Gasteiger partial charge in [-0.1, -0.05) is 0 Å². The number of aromatic amines is 1. The fourth-order valence-corrected chi connectivity index (χ4v) is 1.87. The van der Waals surface area contributed by atoms with Gasteiger partial charge in [0.25, 0.3) is 5.56 Å². The van der Waals surface area contributed by atoms with E-state index in [0.717, 1.165) is 0 Å². The molecule has 0 aliphatic rings. The van der Waals surface area contributed by atoms with Gasteiger partial charge in [-0.25, -0.2) is 4.98 Å². The first-order valence-electron chi connectivity index (χ1n) is 6.00. The van der Waals surface area contributed by atoms with Gasteiger partial charge in [-0.2, -0.15) is 0 Å². The van der Waals surface area contributed by atoms with Gasteiger partial charge in [-0.15, -0.1) is 0 Å². The Kier molecular flexibility index (Phi) is 3.94. The molecule has 0 fully saturated rings. The molecule has 0 saturated carbocycles. The lowest BCUT2D eigenvalue weighted by molar-refractivity contribution is -0.385. The van der Waals surface area contributed by atoms with Gasteiger partial charge in [0.1, 0.15) is 6.10 Å². The third-order valence-electron chi connectivity index (χ3n) is 2.74. The number of hydrogen-bond donors (Lipinski definition) is 2. The zero-order valence-electron chi connectivity index (χ0n) is 11.0. The summed E-state index contributed by atoms with van der Waals surface area (Å²) in [6, 6.07) is 2.59. The van der Waals surface area contributed by atoms with Crippen LogP contribution in [-0.2, 0) is 0 Å². The number of H-pyrrole nitrogens is 1. The number of nitrogens with one attached hydrogen (secondary N) is 2. The largest absolute Gasteiger partial charge is 0.482 e. The van der Waals surface area contributed by atoms with Crippen LogP contribution in [0.3, 0.4) is 0 Å². The number of aromatic nitrogens is 2. The SMILES string of the molecule is CNCC(C)Oc1cc2nc[nH]c(=O)c2cc1[N+](=O)[O-]. The highest BCUT2D eigenvalue weighted by atomic mass is 16.6. The molecule has 2 aromatic rings. The van der Waals surface area contributed by atoms with E-state index in [9.17, 15) is 14.9 Å². The first-order valence-corrected chi connectivity index (χ1v) is 6.00. The molecule has 0 bridgehead atoms. The lowest BCUT2D eigenvalue weighted by Crippen LogP contribution is -2.26. The summed E-state index contributed by atoms with van der Waals surface area (Å²) in [7, 11) is 1.76. The zero-order valence-corrected chi connectivity index (χ0v) is 11.0. The van der Waals surface area contributed by atoms with E-state index in [2.05, 4.69) is 15.3 Å². The number of nitrogens with zero attached hydrogens (tertiary/aromatic N) is 2. The van der Waals surface area contributed by atoms with Crippen LogP contribution >= 0.6 is 0 Å². The highest BCUT2D eigenvalue weighted by Gasteiger charge is 2.20. The van der Waals surface area contributed by atoms with Crippen molar-refractivity contribution in [1.29, 1.82) is 0 Å². The van der Waals surface area contributed by atoms with Crippen LogP contribution in [0, 0.1) is 10.1 Å². The molecule has 0 saturated heterocycles. The molecule has 0 aliphatic carbocycles. The van der Waals surface area contributed by atoms with Crippen molar-refractivity contribution in [2.75, 3.05) is 13.6 Å². The van der Waals surface area contributed by atoms with Crippen molar-refractivity contribution < 1.29 is 9.66 Å². The molecule has 1 unspecified atom stereocenters. The Balaban J connectivity index is 2.54. The molecule has 1 aromatic heterocycles. The van der Waals surface area contributed by atoms with Crippen LogP contribution in [0.4, 0.5) is 5.69 Å². The fourth-order valence-electron chi connectivity index (χ4n) is 1.87. The average Bonchev–Trinajstić information content (AvgIpc) is 2.38. The average molecular weight is 278 g/mol. The monoisotopic (exact) mass is 278 g/mol. The molecular formula is C12H14N4O4. The first-order chi connectivity index (χ1) is 9.52. The predicted molar refractivity (Wildman–Crippen MR) is 73.0 cm³/mol. The molecular weight excluding hydrogens is 264 g/mol. The number of ether oxygens (including phenoxy) is 1. The van der Waals surface area contributed by atoms with Crippen LogP contribution < -0.4 is 15.6 Å². The molecule has 0 aliphatic heterocycles. The number of nitro groups is 1. The lowest BCUT2D eigenvalue weighted by Gasteiger charge is -2.14. The Bertz CT molecular complexity index is 697. The fraction of sp³-hybridized carbons (Fsp3) is 0.333. The minimum atomic E-state index is -0.576. The number of benzene rings is 1. The number of likely N-dealkylation sites (N-methyl/N-ethyl adjacent to an activating group) is 1. The summed E-state index contributed by atoms with van der Waals surface area (Å²) >= 11 is 0. The van der Waals surface area contributed by atoms with E-state index < -0.39 is 10.5 Å². The summed E-state index contributed by atoms with van der Waals surface area (Å²) in [5.41, 5.74) is -0.321. The molecule has 106 valence electrons. The third kappa shape index (κ3) is 2.75. The molecule has 0 spiro atoms. The summed E-state index contributed by atoms with van der Waals surface area (Å²) < 4.78 is 5.54. The molecule has 0 radical (unpaired) electrons. The summed E-state index contributed by atoms with van der Waals surface area (Å²) in [5.74, 6) is 0.100. The quantitative estimate of drug-likeness (QED) is 0.618. The van der Waals surface area contributed by atoms with E-state index in [4.69, 9.17) is 4.74 Å². The second-order valence-electron chi connectivity index (χ2n) is 4.31. The lowest BCUT2D eigenvalue weighted by atomic mass is 10.2. The highest BCUT2D eigenvalue weighted by molar-refractivity contribution is 5.82. The molecule has 2 N–H and O–H groups in total. The van der Waals surface area contributed by atoms with Crippen LogP contribution in [-0.4, -0.2) is 34.6 Å². The predicted octanol–water partition coefficient (Wildman–Crippen LogP) is 0.818. The highest BCUT2D eigenvalue weighted by Crippen LogP contribution is 2.30. The second-order valence-corrected chi connectivity index (χ2v) is 4.31. The number of hydrogen-bond acceptors (Lipinski definition) is 6. The first kappa shape index (κ1) is 13.9. The van der Waals surface area contributed by atoms with Gasteiger partial charge >= 0.3 is 5.69 Å².